The van der Waals surface area contributed by atoms with Gasteiger partial charge in [-0.2, -0.15) is 0 Å². The Bertz CT molecular complexity index is 646. The first-order valence-electron chi connectivity index (χ1n) is 8.79. The predicted molar refractivity (Wildman–Crippen MR) is 98.2 cm³/mol. The van der Waals surface area contributed by atoms with Crippen molar-refractivity contribution in [2.24, 2.45) is 0 Å². The first-order chi connectivity index (χ1) is 11.3. The molecule has 3 rings (SSSR count). The van der Waals surface area contributed by atoms with E-state index in [1.807, 2.05) is 4.90 Å². The highest BCUT2D eigenvalue weighted by Gasteiger charge is 2.23. The summed E-state index contributed by atoms with van der Waals surface area (Å²) in [4.78, 5) is 14.5. The zero-order valence-electron chi connectivity index (χ0n) is 13.9. The lowest BCUT2D eigenvalue weighted by atomic mass is 9.94. The molecule has 1 heterocycles. The van der Waals surface area contributed by atoms with Gasteiger partial charge in [-0.15, -0.1) is 11.3 Å². The molecule has 0 unspecified atom stereocenters. The van der Waals surface area contributed by atoms with Crippen LogP contribution in [0.15, 0.2) is 29.6 Å². The van der Waals surface area contributed by atoms with Gasteiger partial charge in [0.1, 0.15) is 0 Å². The lowest BCUT2D eigenvalue weighted by molar-refractivity contribution is 0.160. The maximum atomic E-state index is 12.5. The molecule has 0 spiro atoms. The van der Waals surface area contributed by atoms with E-state index in [1.54, 1.807) is 11.3 Å². The average Bonchev–Trinajstić information content (AvgIpc) is 3.00. The van der Waals surface area contributed by atoms with Crippen LogP contribution < -0.4 is 5.32 Å². The highest BCUT2D eigenvalue weighted by atomic mass is 32.1. The van der Waals surface area contributed by atoms with Crippen LogP contribution in [0.1, 0.15) is 44.6 Å². The Morgan fingerprint density at radius 1 is 1.26 bits per heavy atom. The number of hydrogen-bond acceptors (Lipinski definition) is 2. The van der Waals surface area contributed by atoms with Crippen molar-refractivity contribution in [1.29, 1.82) is 0 Å². The van der Waals surface area contributed by atoms with Crippen LogP contribution >= 0.6 is 11.3 Å². The minimum atomic E-state index is 0.110. The van der Waals surface area contributed by atoms with Gasteiger partial charge in [-0.1, -0.05) is 37.5 Å². The molecule has 4 heteroatoms. The zero-order valence-corrected chi connectivity index (χ0v) is 14.7. The molecule has 0 aliphatic heterocycles. The minimum absolute atomic E-state index is 0.110. The molecule has 0 atom stereocenters. The van der Waals surface area contributed by atoms with E-state index in [1.165, 1.54) is 34.9 Å². The molecule has 1 fully saturated rings. The van der Waals surface area contributed by atoms with E-state index in [2.05, 4.69) is 41.9 Å². The first kappa shape index (κ1) is 16.3. The third-order valence-electron chi connectivity index (χ3n) is 4.85. The molecule has 2 aromatic rings. The van der Waals surface area contributed by atoms with Crippen LogP contribution in [0.2, 0.25) is 0 Å². The smallest absolute Gasteiger partial charge is 0.317 e. The Balaban J connectivity index is 1.53. The van der Waals surface area contributed by atoms with Crippen molar-refractivity contribution in [3.8, 4) is 0 Å². The summed E-state index contributed by atoms with van der Waals surface area (Å²) in [5, 5.41) is 6.67. The van der Waals surface area contributed by atoms with Crippen molar-refractivity contribution < 1.29 is 4.79 Å². The number of amides is 2. The number of thiophene rings is 1. The molecule has 1 aliphatic rings. The fourth-order valence-electron chi connectivity index (χ4n) is 3.59. The number of nitrogens with one attached hydrogen (secondary N) is 1. The molecular formula is C19H26N2OS. The summed E-state index contributed by atoms with van der Waals surface area (Å²) >= 11 is 1.78. The van der Waals surface area contributed by atoms with Crippen molar-refractivity contribution in [2.75, 3.05) is 13.1 Å². The van der Waals surface area contributed by atoms with Crippen LogP contribution in [0.5, 0.6) is 0 Å². The minimum Gasteiger partial charge on any atom is -0.338 e. The lowest BCUT2D eigenvalue weighted by Crippen LogP contribution is -2.47. The number of urea groups is 1. The van der Waals surface area contributed by atoms with E-state index in [9.17, 15) is 4.79 Å². The van der Waals surface area contributed by atoms with Crippen molar-refractivity contribution in [3.05, 3.63) is 35.2 Å². The molecule has 23 heavy (non-hydrogen) atoms. The average molecular weight is 330 g/mol. The Labute approximate surface area is 142 Å². The van der Waals surface area contributed by atoms with E-state index < -0.39 is 0 Å². The van der Waals surface area contributed by atoms with Gasteiger partial charge in [0.15, 0.2) is 0 Å². The molecule has 1 aromatic carbocycles. The Hall–Kier alpha value is -1.55. The van der Waals surface area contributed by atoms with Gasteiger partial charge < -0.3 is 10.2 Å². The first-order valence-corrected chi connectivity index (χ1v) is 9.67. The molecule has 3 nitrogen and oxygen atoms in total. The molecular weight excluding hydrogens is 304 g/mol. The fraction of sp³-hybridized carbons (Fsp3) is 0.526. The maximum Gasteiger partial charge on any atom is 0.317 e. The summed E-state index contributed by atoms with van der Waals surface area (Å²) in [5.41, 5.74) is 1.34. The van der Waals surface area contributed by atoms with Gasteiger partial charge >= 0.3 is 6.03 Å². The Kier molecular flexibility index (Phi) is 5.55. The highest BCUT2D eigenvalue weighted by molar-refractivity contribution is 7.17. The van der Waals surface area contributed by atoms with E-state index in [0.29, 0.717) is 12.6 Å². The van der Waals surface area contributed by atoms with E-state index >= 15 is 0 Å². The van der Waals surface area contributed by atoms with Crippen molar-refractivity contribution >= 4 is 27.5 Å². The third-order valence-corrected chi connectivity index (χ3v) is 5.86. The molecule has 124 valence electrons. The second-order valence-electron chi connectivity index (χ2n) is 6.32. The van der Waals surface area contributed by atoms with Crippen LogP contribution in [0, 0.1) is 0 Å². The summed E-state index contributed by atoms with van der Waals surface area (Å²) in [5.74, 6) is 0. The highest BCUT2D eigenvalue weighted by Crippen LogP contribution is 2.26. The maximum absolute atomic E-state index is 12.5. The van der Waals surface area contributed by atoms with Crippen molar-refractivity contribution in [2.45, 2.75) is 51.5 Å². The van der Waals surface area contributed by atoms with Crippen molar-refractivity contribution in [3.63, 3.8) is 0 Å². The number of rotatable bonds is 5. The number of carbonyl (C=O) groups excluding carboxylic acids is 1. The topological polar surface area (TPSA) is 32.3 Å². The second-order valence-corrected chi connectivity index (χ2v) is 7.23. The summed E-state index contributed by atoms with van der Waals surface area (Å²) in [6, 6.07) is 9.04. The van der Waals surface area contributed by atoms with Gasteiger partial charge in [-0.25, -0.2) is 4.79 Å². The van der Waals surface area contributed by atoms with Gasteiger partial charge in [0.25, 0.3) is 0 Å². The summed E-state index contributed by atoms with van der Waals surface area (Å²) in [7, 11) is 0. The summed E-state index contributed by atoms with van der Waals surface area (Å²) in [6.07, 6.45) is 7.07. The van der Waals surface area contributed by atoms with Crippen LogP contribution in [-0.4, -0.2) is 30.1 Å². The molecule has 2 amide bonds. The van der Waals surface area contributed by atoms with Gasteiger partial charge in [-0.05, 0) is 48.6 Å². The number of fused-ring (bicyclic) bond motifs is 1. The molecule has 1 aromatic heterocycles. The number of nitrogens with zero attached hydrogens (tertiary/aromatic N) is 1. The SMILES string of the molecule is CCN(C(=O)NCCc1csc2ccccc12)C1CCCCC1. The van der Waals surface area contributed by atoms with Gasteiger partial charge in [-0.3, -0.25) is 0 Å². The number of carbonyl (C=O) groups is 1. The monoisotopic (exact) mass is 330 g/mol. The lowest BCUT2D eigenvalue weighted by Gasteiger charge is -2.33. The van der Waals surface area contributed by atoms with Gasteiger partial charge in [0.05, 0.1) is 0 Å². The van der Waals surface area contributed by atoms with Crippen LogP contribution in [0.25, 0.3) is 10.1 Å². The second kappa shape index (κ2) is 7.82. The normalized spacial score (nSPS) is 15.7. The zero-order chi connectivity index (χ0) is 16.1. The van der Waals surface area contributed by atoms with Crippen LogP contribution in [-0.2, 0) is 6.42 Å². The molecule has 0 bridgehead atoms. The van der Waals surface area contributed by atoms with Crippen LogP contribution in [0.4, 0.5) is 4.79 Å². The quantitative estimate of drug-likeness (QED) is 0.838. The van der Waals surface area contributed by atoms with E-state index in [-0.39, 0.29) is 6.03 Å². The largest absolute Gasteiger partial charge is 0.338 e. The van der Waals surface area contributed by atoms with E-state index in [4.69, 9.17) is 0 Å². The van der Waals surface area contributed by atoms with Crippen molar-refractivity contribution in [1.82, 2.24) is 10.2 Å². The molecule has 0 radical (unpaired) electrons. The number of benzene rings is 1. The molecule has 1 saturated carbocycles. The van der Waals surface area contributed by atoms with Gasteiger partial charge in [0.2, 0.25) is 0 Å². The molecule has 1 aliphatic carbocycles. The third kappa shape index (κ3) is 3.86. The fourth-order valence-corrected chi connectivity index (χ4v) is 4.59. The van der Waals surface area contributed by atoms with Crippen LogP contribution in [0.3, 0.4) is 0 Å². The Morgan fingerprint density at radius 2 is 2.04 bits per heavy atom. The molecule has 1 N–H and O–H groups in total. The number of hydrogen-bond donors (Lipinski definition) is 1. The Morgan fingerprint density at radius 3 is 2.83 bits per heavy atom. The summed E-state index contributed by atoms with van der Waals surface area (Å²) in [6.45, 7) is 3.60. The predicted octanol–water partition coefficient (Wildman–Crippen LogP) is 4.81. The standard InChI is InChI=1S/C19H26N2OS/c1-2-21(16-8-4-3-5-9-16)19(22)20-13-12-15-14-23-18-11-7-6-10-17(15)18/h6-7,10-11,14,16H,2-5,8-9,12-13H2,1H3,(H,20,22). The molecule has 0 saturated heterocycles. The van der Waals surface area contributed by atoms with E-state index in [0.717, 1.165) is 25.8 Å². The van der Waals surface area contributed by atoms with Gasteiger partial charge in [0, 0.05) is 23.8 Å². The summed E-state index contributed by atoms with van der Waals surface area (Å²) < 4.78 is 1.33.